The van der Waals surface area contributed by atoms with Crippen LogP contribution in [0.2, 0.25) is 0 Å². The van der Waals surface area contributed by atoms with Gasteiger partial charge in [-0.3, -0.25) is 0 Å². The van der Waals surface area contributed by atoms with Gasteiger partial charge in [0.05, 0.1) is 4.90 Å². The number of hydrogen-bond donors (Lipinski definition) is 0. The maximum absolute atomic E-state index is 13.8. The van der Waals surface area contributed by atoms with Gasteiger partial charge >= 0.3 is 0 Å². The van der Waals surface area contributed by atoms with Crippen LogP contribution < -0.4 is 0 Å². The van der Waals surface area contributed by atoms with Gasteiger partial charge in [-0.05, 0) is 78.2 Å². The molecule has 168 valence electrons. The molecule has 1 aromatic carbocycles. The van der Waals surface area contributed by atoms with Crippen molar-refractivity contribution in [3.8, 4) is 0 Å². The molecule has 0 saturated heterocycles. The Hall–Kier alpha value is -0.870. The average Bonchev–Trinajstić information content (AvgIpc) is 2.74. The molecule has 0 saturated carbocycles. The molecule has 0 amide bonds. The van der Waals surface area contributed by atoms with Crippen LogP contribution in [0.5, 0.6) is 0 Å². The molecule has 0 bridgehead atoms. The van der Waals surface area contributed by atoms with E-state index in [0.29, 0.717) is 18.0 Å². The van der Waals surface area contributed by atoms with Gasteiger partial charge in [0.1, 0.15) is 0 Å². The molecular weight excluding hydrogens is 378 g/mol. The second kappa shape index (κ2) is 10.9. The Kier molecular flexibility index (Phi) is 9.88. The van der Waals surface area contributed by atoms with Crippen molar-refractivity contribution >= 4 is 10.0 Å². The first-order valence-electron chi connectivity index (χ1n) is 11.9. The van der Waals surface area contributed by atoms with Gasteiger partial charge in [-0.2, -0.15) is 4.31 Å². The molecule has 0 radical (unpaired) electrons. The molecule has 1 aromatic rings. The number of hydrogen-bond acceptors (Lipinski definition) is 2. The maximum atomic E-state index is 13.8. The zero-order valence-electron chi connectivity index (χ0n) is 20.5. The first-order valence-corrected chi connectivity index (χ1v) is 13.4. The van der Waals surface area contributed by atoms with Crippen molar-refractivity contribution in [1.82, 2.24) is 4.31 Å². The normalized spacial score (nSPS) is 12.8. The lowest BCUT2D eigenvalue weighted by molar-refractivity contribution is 0.374. The van der Waals surface area contributed by atoms with E-state index in [-0.39, 0.29) is 5.41 Å². The molecule has 0 aliphatic rings. The van der Waals surface area contributed by atoms with Gasteiger partial charge < -0.3 is 0 Å². The standard InChI is InChI=1S/C25H45NO2S/c1-10-19-21(12-3)24(29(27,28)26(17-8)18-9)22(13-4)20(11-2)23(19)25(14-5,15-6)16-7/h10-18H2,1-9H3. The summed E-state index contributed by atoms with van der Waals surface area (Å²) in [6, 6.07) is 0. The van der Waals surface area contributed by atoms with Crippen LogP contribution in [0, 0.1) is 0 Å². The number of sulfonamides is 1. The second-order valence-corrected chi connectivity index (χ2v) is 9.84. The minimum atomic E-state index is -3.50. The predicted octanol–water partition coefficient (Wildman–Crippen LogP) is 6.43. The van der Waals surface area contributed by atoms with Gasteiger partial charge in [0, 0.05) is 13.1 Å². The van der Waals surface area contributed by atoms with Crippen LogP contribution in [0.1, 0.15) is 109 Å². The summed E-state index contributed by atoms with van der Waals surface area (Å²) in [5.41, 5.74) is 6.35. The lowest BCUT2D eigenvalue weighted by Gasteiger charge is -2.38. The minimum Gasteiger partial charge on any atom is -0.207 e. The van der Waals surface area contributed by atoms with Gasteiger partial charge in [-0.1, -0.05) is 62.3 Å². The third-order valence-electron chi connectivity index (χ3n) is 7.16. The molecule has 0 fully saturated rings. The highest BCUT2D eigenvalue weighted by molar-refractivity contribution is 7.89. The molecule has 0 heterocycles. The van der Waals surface area contributed by atoms with Crippen LogP contribution in [0.4, 0.5) is 0 Å². The third kappa shape index (κ3) is 4.44. The Morgan fingerprint density at radius 2 is 0.966 bits per heavy atom. The first kappa shape index (κ1) is 26.2. The number of rotatable bonds is 12. The van der Waals surface area contributed by atoms with Gasteiger partial charge in [0.25, 0.3) is 0 Å². The summed E-state index contributed by atoms with van der Waals surface area (Å²) in [6.07, 6.45) is 6.57. The van der Waals surface area contributed by atoms with E-state index >= 15 is 0 Å². The van der Waals surface area contributed by atoms with E-state index in [1.165, 1.54) is 16.7 Å². The van der Waals surface area contributed by atoms with Gasteiger partial charge in [-0.15, -0.1) is 0 Å². The average molecular weight is 424 g/mol. The van der Waals surface area contributed by atoms with Crippen LogP contribution in [0.15, 0.2) is 4.90 Å². The fraction of sp³-hybridized carbons (Fsp3) is 0.760. The quantitative estimate of drug-likeness (QED) is 0.388. The molecule has 29 heavy (non-hydrogen) atoms. The highest BCUT2D eigenvalue weighted by atomic mass is 32.2. The second-order valence-electron chi connectivity index (χ2n) is 7.96. The van der Waals surface area contributed by atoms with Crippen molar-refractivity contribution in [3.05, 3.63) is 27.8 Å². The lowest BCUT2D eigenvalue weighted by atomic mass is 9.67. The summed E-state index contributed by atoms with van der Waals surface area (Å²) in [5.74, 6) is 0. The first-order chi connectivity index (χ1) is 13.7. The molecule has 0 aliphatic heterocycles. The van der Waals surface area contributed by atoms with E-state index in [0.717, 1.165) is 56.1 Å². The van der Waals surface area contributed by atoms with Crippen LogP contribution in [-0.4, -0.2) is 25.8 Å². The zero-order valence-corrected chi connectivity index (χ0v) is 21.4. The van der Waals surface area contributed by atoms with Crippen LogP contribution in [0.3, 0.4) is 0 Å². The Balaban J connectivity index is 4.28. The fourth-order valence-electron chi connectivity index (χ4n) is 5.39. The monoisotopic (exact) mass is 423 g/mol. The molecule has 4 heteroatoms. The summed E-state index contributed by atoms with van der Waals surface area (Å²) in [7, 11) is -3.50. The van der Waals surface area contributed by atoms with E-state index in [9.17, 15) is 8.42 Å². The van der Waals surface area contributed by atoms with Crippen molar-refractivity contribution < 1.29 is 8.42 Å². The van der Waals surface area contributed by atoms with E-state index < -0.39 is 10.0 Å². The molecule has 0 spiro atoms. The molecular formula is C25H45NO2S. The van der Waals surface area contributed by atoms with Crippen molar-refractivity contribution in [1.29, 1.82) is 0 Å². The topological polar surface area (TPSA) is 37.4 Å². The Morgan fingerprint density at radius 1 is 0.621 bits per heavy atom. The Morgan fingerprint density at radius 3 is 1.21 bits per heavy atom. The maximum Gasteiger partial charge on any atom is 0.243 e. The van der Waals surface area contributed by atoms with Crippen molar-refractivity contribution in [2.75, 3.05) is 13.1 Å². The van der Waals surface area contributed by atoms with E-state index in [1.54, 1.807) is 4.31 Å². The van der Waals surface area contributed by atoms with E-state index in [1.807, 2.05) is 13.8 Å². The van der Waals surface area contributed by atoms with Crippen molar-refractivity contribution in [3.63, 3.8) is 0 Å². The smallest absolute Gasteiger partial charge is 0.207 e. The fourth-order valence-corrected chi connectivity index (χ4v) is 7.49. The SMILES string of the molecule is CCc1c(CC)c(S(=O)(=O)N(CC)CC)c(CC)c(CC)c1C(CC)(CC)CC. The van der Waals surface area contributed by atoms with E-state index in [2.05, 4.69) is 48.5 Å². The summed E-state index contributed by atoms with van der Waals surface area (Å²) in [5, 5.41) is 0. The predicted molar refractivity (Wildman–Crippen MR) is 127 cm³/mol. The molecule has 0 N–H and O–H groups in total. The summed E-state index contributed by atoms with van der Waals surface area (Å²) >= 11 is 0. The van der Waals surface area contributed by atoms with E-state index in [4.69, 9.17) is 0 Å². The Bertz CT molecular complexity index is 731. The van der Waals surface area contributed by atoms with Crippen LogP contribution >= 0.6 is 0 Å². The lowest BCUT2D eigenvalue weighted by Crippen LogP contribution is -2.34. The molecule has 0 unspecified atom stereocenters. The molecule has 0 aliphatic carbocycles. The largest absolute Gasteiger partial charge is 0.243 e. The highest BCUT2D eigenvalue weighted by Crippen LogP contribution is 2.45. The summed E-state index contributed by atoms with van der Waals surface area (Å²) in [4.78, 5) is 0.626. The van der Waals surface area contributed by atoms with Gasteiger partial charge in [0.2, 0.25) is 10.0 Å². The number of benzene rings is 1. The summed E-state index contributed by atoms with van der Waals surface area (Å²) in [6.45, 7) is 20.4. The molecule has 0 aromatic heterocycles. The molecule has 1 rings (SSSR count). The zero-order chi connectivity index (χ0) is 22.4. The highest BCUT2D eigenvalue weighted by Gasteiger charge is 2.37. The number of nitrogens with zero attached hydrogens (tertiary/aromatic N) is 1. The third-order valence-corrected chi connectivity index (χ3v) is 9.36. The van der Waals surface area contributed by atoms with Gasteiger partial charge in [-0.25, -0.2) is 8.42 Å². The minimum absolute atomic E-state index is 0.127. The van der Waals surface area contributed by atoms with Crippen LogP contribution in [-0.2, 0) is 41.1 Å². The van der Waals surface area contributed by atoms with Gasteiger partial charge in [0.15, 0.2) is 0 Å². The molecule has 0 atom stereocenters. The van der Waals surface area contributed by atoms with Crippen molar-refractivity contribution in [2.24, 2.45) is 0 Å². The van der Waals surface area contributed by atoms with Crippen LogP contribution in [0.25, 0.3) is 0 Å². The van der Waals surface area contributed by atoms with Crippen molar-refractivity contribution in [2.45, 2.75) is 118 Å². The summed E-state index contributed by atoms with van der Waals surface area (Å²) < 4.78 is 29.2. The Labute approximate surface area is 181 Å². The molecule has 3 nitrogen and oxygen atoms in total.